The van der Waals surface area contributed by atoms with Crippen LogP contribution in [-0.2, 0) is 0 Å². The maximum Gasteiger partial charge on any atom is 0.404 e. The van der Waals surface area contributed by atoms with E-state index < -0.39 is 6.09 Å². The molecule has 0 radical (unpaired) electrons. The van der Waals surface area contributed by atoms with Crippen molar-refractivity contribution in [1.29, 1.82) is 0 Å². The minimum atomic E-state index is -0.979. The Labute approximate surface area is 179 Å². The van der Waals surface area contributed by atoms with Gasteiger partial charge in [0.2, 0.25) is 5.95 Å². The van der Waals surface area contributed by atoms with Gasteiger partial charge in [-0.3, -0.25) is 0 Å². The number of pyridine rings is 1. The first-order valence-electron chi connectivity index (χ1n) is 9.04. The smallest absolute Gasteiger partial charge is 0.404 e. The van der Waals surface area contributed by atoms with Crippen LogP contribution in [0, 0.1) is 11.8 Å². The lowest BCUT2D eigenvalue weighted by Crippen LogP contribution is -2.34. The van der Waals surface area contributed by atoms with E-state index in [1.54, 1.807) is 6.20 Å². The molecule has 148 valence electrons. The highest BCUT2D eigenvalue weighted by atomic mass is 79.9. The van der Waals surface area contributed by atoms with E-state index in [-0.39, 0.29) is 23.8 Å². The second kappa shape index (κ2) is 6.70. The molecule has 1 amide bonds. The van der Waals surface area contributed by atoms with Crippen LogP contribution in [-0.4, -0.2) is 45.3 Å². The molecule has 2 unspecified atom stereocenters. The number of nitrogens with one attached hydrogen (secondary N) is 1. The molecule has 1 saturated heterocycles. The largest absolute Gasteiger partial charge is 0.465 e. The fourth-order valence-corrected chi connectivity index (χ4v) is 5.17. The van der Waals surface area contributed by atoms with Crippen molar-refractivity contribution in [1.82, 2.24) is 20.3 Å². The lowest BCUT2D eigenvalue weighted by molar-refractivity contribution is 0.192. The molecule has 0 bridgehead atoms. The average molecular weight is 476 g/mol. The van der Waals surface area contributed by atoms with E-state index in [0.29, 0.717) is 23.8 Å². The topological polar surface area (TPSA) is 117 Å². The molecule has 1 saturated carbocycles. The molecule has 2 fully saturated rings. The summed E-state index contributed by atoms with van der Waals surface area (Å²) in [5.74, 6) is 1.48. The van der Waals surface area contributed by atoms with Gasteiger partial charge in [-0.25, -0.2) is 14.8 Å². The molecule has 2 atom stereocenters. The Hall–Kier alpha value is -2.65. The highest BCUT2D eigenvalue weighted by Gasteiger charge is 2.57. The van der Waals surface area contributed by atoms with E-state index in [0.717, 1.165) is 26.8 Å². The first kappa shape index (κ1) is 18.4. The number of aromatic nitrogens is 3. The number of hydrogen-bond donors (Lipinski definition) is 3. The number of carbonyl (C=O) groups is 1. The predicted octanol–water partition coefficient (Wildman–Crippen LogP) is 3.39. The number of amides is 1. The normalized spacial score (nSPS) is 22.6. The van der Waals surface area contributed by atoms with Gasteiger partial charge in [-0.05, 0) is 18.2 Å². The van der Waals surface area contributed by atoms with Crippen molar-refractivity contribution in [3.8, 4) is 11.1 Å². The summed E-state index contributed by atoms with van der Waals surface area (Å²) in [6, 6.07) is 7.63. The van der Waals surface area contributed by atoms with Crippen LogP contribution in [0.5, 0.6) is 0 Å². The SMILES string of the molecule is Nc1ncc2cc(-c3c(Cl)cccc3Br)c(N3CC4C(C3)C4NC(=O)O)nc2n1. The maximum absolute atomic E-state index is 10.9. The Morgan fingerprint density at radius 3 is 2.76 bits per heavy atom. The second-order valence-electron chi connectivity index (χ2n) is 7.31. The highest BCUT2D eigenvalue weighted by Crippen LogP contribution is 2.49. The van der Waals surface area contributed by atoms with Crippen LogP contribution >= 0.6 is 27.5 Å². The molecule has 1 aliphatic carbocycles. The molecule has 5 rings (SSSR count). The zero-order chi connectivity index (χ0) is 20.3. The lowest BCUT2D eigenvalue weighted by atomic mass is 10.0. The number of nitrogen functional groups attached to an aromatic ring is 1. The minimum Gasteiger partial charge on any atom is -0.465 e. The number of nitrogens with two attached hydrogens (primary N) is 1. The van der Waals surface area contributed by atoms with Crippen LogP contribution in [0.25, 0.3) is 22.2 Å². The number of nitrogens with zero attached hydrogens (tertiary/aromatic N) is 4. The van der Waals surface area contributed by atoms with Crippen molar-refractivity contribution in [2.75, 3.05) is 23.7 Å². The van der Waals surface area contributed by atoms with Crippen LogP contribution in [0.4, 0.5) is 16.6 Å². The Kier molecular flexibility index (Phi) is 4.25. The number of rotatable bonds is 3. The van der Waals surface area contributed by atoms with Crippen molar-refractivity contribution in [2.24, 2.45) is 11.8 Å². The number of fused-ring (bicyclic) bond motifs is 2. The van der Waals surface area contributed by atoms with Gasteiger partial charge in [-0.2, -0.15) is 4.98 Å². The van der Waals surface area contributed by atoms with Gasteiger partial charge in [-0.15, -0.1) is 0 Å². The predicted molar refractivity (Wildman–Crippen MR) is 114 cm³/mol. The van der Waals surface area contributed by atoms with Gasteiger partial charge in [0, 0.05) is 63.2 Å². The van der Waals surface area contributed by atoms with E-state index in [1.165, 1.54) is 0 Å². The highest BCUT2D eigenvalue weighted by molar-refractivity contribution is 9.10. The third-order valence-corrected chi connectivity index (χ3v) is 6.56. The molecule has 8 nitrogen and oxygen atoms in total. The summed E-state index contributed by atoms with van der Waals surface area (Å²) >= 11 is 10.1. The Bertz CT molecular complexity index is 1130. The summed E-state index contributed by atoms with van der Waals surface area (Å²) < 4.78 is 0.860. The van der Waals surface area contributed by atoms with Crippen LogP contribution in [0.2, 0.25) is 5.02 Å². The summed E-state index contributed by atoms with van der Waals surface area (Å²) in [7, 11) is 0. The number of halogens is 2. The van der Waals surface area contributed by atoms with Crippen LogP contribution in [0.3, 0.4) is 0 Å². The third-order valence-electron chi connectivity index (χ3n) is 5.58. The molecule has 1 aromatic carbocycles. The van der Waals surface area contributed by atoms with E-state index in [2.05, 4.69) is 36.1 Å². The zero-order valence-electron chi connectivity index (χ0n) is 15.0. The van der Waals surface area contributed by atoms with Crippen molar-refractivity contribution in [3.05, 3.63) is 40.0 Å². The molecule has 3 heterocycles. The molecule has 29 heavy (non-hydrogen) atoms. The van der Waals surface area contributed by atoms with Crippen molar-refractivity contribution < 1.29 is 9.90 Å². The fourth-order valence-electron chi connectivity index (χ4n) is 4.20. The lowest BCUT2D eigenvalue weighted by Gasteiger charge is -2.24. The number of anilines is 2. The van der Waals surface area contributed by atoms with Gasteiger partial charge in [-0.1, -0.05) is 33.6 Å². The van der Waals surface area contributed by atoms with Gasteiger partial charge in [0.25, 0.3) is 0 Å². The Morgan fingerprint density at radius 2 is 2.07 bits per heavy atom. The first-order chi connectivity index (χ1) is 13.9. The molecular formula is C19H16BrClN6O2. The molecule has 0 spiro atoms. The van der Waals surface area contributed by atoms with Crippen LogP contribution in [0.15, 0.2) is 34.9 Å². The third kappa shape index (κ3) is 3.14. The minimum absolute atomic E-state index is 0.0117. The van der Waals surface area contributed by atoms with E-state index >= 15 is 0 Å². The average Bonchev–Trinajstić information content (AvgIpc) is 3.10. The monoisotopic (exact) mass is 474 g/mol. The number of carboxylic acid groups (broad SMARTS) is 1. The van der Waals surface area contributed by atoms with Gasteiger partial charge in [0.05, 0.1) is 0 Å². The molecule has 10 heteroatoms. The summed E-state index contributed by atoms with van der Waals surface area (Å²) in [4.78, 5) is 26.2. The molecule has 3 aromatic rings. The summed E-state index contributed by atoms with van der Waals surface area (Å²) in [6.45, 7) is 1.42. The molecular weight excluding hydrogens is 460 g/mol. The van der Waals surface area contributed by atoms with Crippen LogP contribution < -0.4 is 16.0 Å². The molecule has 4 N–H and O–H groups in total. The van der Waals surface area contributed by atoms with Crippen molar-refractivity contribution >= 4 is 56.4 Å². The van der Waals surface area contributed by atoms with E-state index in [9.17, 15) is 4.79 Å². The van der Waals surface area contributed by atoms with Gasteiger partial charge >= 0.3 is 6.09 Å². The van der Waals surface area contributed by atoms with Crippen molar-refractivity contribution in [2.45, 2.75) is 6.04 Å². The van der Waals surface area contributed by atoms with Crippen LogP contribution in [0.1, 0.15) is 0 Å². The Morgan fingerprint density at radius 1 is 1.31 bits per heavy atom. The van der Waals surface area contributed by atoms with Crippen molar-refractivity contribution in [3.63, 3.8) is 0 Å². The standard InChI is InChI=1S/C19H16BrClN6O2/c20-12-2-1-3-13(21)14(12)9-4-8-5-23-18(22)26-16(8)25-17(9)27-6-10-11(7-27)15(10)24-19(28)29/h1-5,10-11,15,24H,6-7H2,(H,28,29)(H2,22,23,25,26). The fraction of sp³-hybridized carbons (Fsp3) is 0.263. The summed E-state index contributed by atoms with van der Waals surface area (Å²) in [6.07, 6.45) is 0.671. The van der Waals surface area contributed by atoms with Gasteiger partial charge < -0.3 is 21.1 Å². The zero-order valence-corrected chi connectivity index (χ0v) is 17.4. The molecule has 1 aliphatic heterocycles. The first-order valence-corrected chi connectivity index (χ1v) is 10.2. The molecule has 2 aliphatic rings. The Balaban J connectivity index is 1.60. The number of benzene rings is 1. The molecule has 2 aromatic heterocycles. The van der Waals surface area contributed by atoms with E-state index in [4.69, 9.17) is 27.4 Å². The van der Waals surface area contributed by atoms with E-state index in [1.807, 2.05) is 24.3 Å². The maximum atomic E-state index is 10.9. The number of piperidine rings is 1. The summed E-state index contributed by atoms with van der Waals surface area (Å²) in [5, 5.41) is 12.9. The number of hydrogen-bond acceptors (Lipinski definition) is 6. The quantitative estimate of drug-likeness (QED) is 0.531. The van der Waals surface area contributed by atoms with Gasteiger partial charge in [0.15, 0.2) is 5.65 Å². The second-order valence-corrected chi connectivity index (χ2v) is 8.57. The summed E-state index contributed by atoms with van der Waals surface area (Å²) in [5.41, 5.74) is 7.98. The van der Waals surface area contributed by atoms with Gasteiger partial charge in [0.1, 0.15) is 5.82 Å².